The van der Waals surface area contributed by atoms with Crippen molar-refractivity contribution in [2.24, 2.45) is 0 Å². The van der Waals surface area contributed by atoms with Gasteiger partial charge in [-0.15, -0.1) is 5.98 Å². The fourth-order valence-corrected chi connectivity index (χ4v) is 1.26. The second-order valence-corrected chi connectivity index (χ2v) is 2.68. The summed E-state index contributed by atoms with van der Waals surface area (Å²) in [7, 11) is 1.98. The molecule has 0 N–H and O–H groups in total. The van der Waals surface area contributed by atoms with Crippen molar-refractivity contribution in [1.82, 2.24) is 0 Å². The Labute approximate surface area is 73.5 Å². The molecule has 0 aromatic heterocycles. The minimum atomic E-state index is -0.166. The van der Waals surface area contributed by atoms with E-state index in [1.54, 1.807) is 12.1 Å². The van der Waals surface area contributed by atoms with E-state index in [-0.39, 0.29) is 5.82 Å². The van der Waals surface area contributed by atoms with Gasteiger partial charge in [0, 0.05) is 0 Å². The van der Waals surface area contributed by atoms with Gasteiger partial charge in [-0.1, -0.05) is 24.6 Å². The van der Waals surface area contributed by atoms with Crippen LogP contribution < -0.4 is 0 Å². The Hall–Kier alpha value is -1.05. The van der Waals surface area contributed by atoms with Gasteiger partial charge in [0.15, 0.2) is 0 Å². The fraction of sp³-hybridized carbons (Fsp3) is 0.200. The lowest BCUT2D eigenvalue weighted by molar-refractivity contribution is 0.627. The van der Waals surface area contributed by atoms with Crippen LogP contribution in [0.3, 0.4) is 0 Å². The normalized spacial score (nSPS) is 11.7. The molecule has 1 rings (SSSR count). The van der Waals surface area contributed by atoms with Crippen LogP contribution >= 0.6 is 0 Å². The van der Waals surface area contributed by atoms with Crippen LogP contribution in [0.25, 0.3) is 5.57 Å². The molecule has 1 aromatic rings. The number of halogens is 1. The molecule has 0 radical (unpaired) electrons. The Morgan fingerprint density at radius 2 is 2.33 bits per heavy atom. The van der Waals surface area contributed by atoms with Gasteiger partial charge in [0.1, 0.15) is 13.7 Å². The highest BCUT2D eigenvalue weighted by Gasteiger charge is 1.97. The minimum Gasteiger partial charge on any atom is -0.207 e. The van der Waals surface area contributed by atoms with Crippen LogP contribution in [0.15, 0.2) is 30.2 Å². The highest BCUT2D eigenvalue weighted by Crippen LogP contribution is 2.17. The molecule has 0 atom stereocenters. The standard InChI is InChI=1S/C10H12BF/c1-2-8(7-11)9-4-3-5-10(12)6-9/h3-7H,2,11H2,1H3. The molecule has 12 heavy (non-hydrogen) atoms. The average Bonchev–Trinajstić information content (AvgIpc) is 2.07. The van der Waals surface area contributed by atoms with Gasteiger partial charge in [-0.25, -0.2) is 4.39 Å². The number of hydrogen-bond acceptors (Lipinski definition) is 0. The number of benzene rings is 1. The van der Waals surface area contributed by atoms with Crippen LogP contribution in [0.2, 0.25) is 0 Å². The Bertz CT molecular complexity index is 292. The van der Waals surface area contributed by atoms with Crippen LogP contribution in [0.4, 0.5) is 4.39 Å². The summed E-state index contributed by atoms with van der Waals surface area (Å²) in [6.45, 7) is 2.07. The van der Waals surface area contributed by atoms with E-state index in [2.05, 4.69) is 6.92 Å². The summed E-state index contributed by atoms with van der Waals surface area (Å²) >= 11 is 0. The Morgan fingerprint density at radius 1 is 1.58 bits per heavy atom. The summed E-state index contributed by atoms with van der Waals surface area (Å²) in [5, 5.41) is 0. The second kappa shape index (κ2) is 4.10. The van der Waals surface area contributed by atoms with E-state index in [0.29, 0.717) is 0 Å². The highest BCUT2D eigenvalue weighted by molar-refractivity contribution is 6.20. The highest BCUT2D eigenvalue weighted by atomic mass is 19.1. The van der Waals surface area contributed by atoms with Gasteiger partial charge < -0.3 is 0 Å². The van der Waals surface area contributed by atoms with E-state index >= 15 is 0 Å². The third kappa shape index (κ3) is 1.97. The van der Waals surface area contributed by atoms with Crippen molar-refractivity contribution in [2.75, 3.05) is 0 Å². The number of rotatable bonds is 2. The fourth-order valence-electron chi connectivity index (χ4n) is 1.26. The van der Waals surface area contributed by atoms with Crippen LogP contribution in [-0.4, -0.2) is 7.85 Å². The zero-order chi connectivity index (χ0) is 8.97. The third-order valence-corrected chi connectivity index (χ3v) is 1.92. The first-order chi connectivity index (χ1) is 5.77. The Morgan fingerprint density at radius 3 is 2.83 bits per heavy atom. The molecule has 0 aliphatic rings. The summed E-state index contributed by atoms with van der Waals surface area (Å²) in [6.07, 6.45) is 0.944. The van der Waals surface area contributed by atoms with E-state index in [1.165, 1.54) is 11.6 Å². The van der Waals surface area contributed by atoms with Crippen molar-refractivity contribution in [3.8, 4) is 0 Å². The molecular formula is C10H12BF. The first-order valence-corrected chi connectivity index (χ1v) is 4.19. The lowest BCUT2D eigenvalue weighted by atomic mass is 9.96. The zero-order valence-electron chi connectivity index (χ0n) is 7.47. The van der Waals surface area contributed by atoms with Crippen molar-refractivity contribution in [1.29, 1.82) is 0 Å². The topological polar surface area (TPSA) is 0 Å². The maximum atomic E-state index is 12.8. The number of allylic oxidation sites excluding steroid dienone is 1. The molecule has 0 amide bonds. The van der Waals surface area contributed by atoms with E-state index in [0.717, 1.165) is 12.0 Å². The van der Waals surface area contributed by atoms with Gasteiger partial charge in [-0.2, -0.15) is 0 Å². The van der Waals surface area contributed by atoms with Crippen molar-refractivity contribution < 1.29 is 4.39 Å². The average molecular weight is 162 g/mol. The molecular weight excluding hydrogens is 150 g/mol. The van der Waals surface area contributed by atoms with Gasteiger partial charge in [-0.3, -0.25) is 0 Å². The Balaban J connectivity index is 3.02. The van der Waals surface area contributed by atoms with Gasteiger partial charge in [0.2, 0.25) is 0 Å². The molecule has 0 unspecified atom stereocenters. The number of hydrogen-bond donors (Lipinski definition) is 0. The van der Waals surface area contributed by atoms with E-state index < -0.39 is 0 Å². The monoisotopic (exact) mass is 162 g/mol. The quantitative estimate of drug-likeness (QED) is 0.584. The van der Waals surface area contributed by atoms with Gasteiger partial charge in [0.05, 0.1) is 0 Å². The van der Waals surface area contributed by atoms with Crippen LogP contribution in [-0.2, 0) is 0 Å². The van der Waals surface area contributed by atoms with E-state index in [4.69, 9.17) is 0 Å². The SMILES string of the molecule is BC=C(CC)c1cccc(F)c1. The molecule has 0 spiro atoms. The largest absolute Gasteiger partial charge is 0.207 e. The summed E-state index contributed by atoms with van der Waals surface area (Å²) in [5.41, 5.74) is 2.18. The summed E-state index contributed by atoms with van der Waals surface area (Å²) in [5.74, 6) is 1.86. The molecule has 0 fully saturated rings. The third-order valence-electron chi connectivity index (χ3n) is 1.92. The van der Waals surface area contributed by atoms with Crippen LogP contribution in [0, 0.1) is 5.82 Å². The summed E-state index contributed by atoms with van der Waals surface area (Å²) in [4.78, 5) is 0. The maximum Gasteiger partial charge on any atom is 0.129 e. The molecule has 0 aliphatic carbocycles. The molecule has 1 aromatic carbocycles. The van der Waals surface area contributed by atoms with E-state index in [1.807, 2.05) is 19.9 Å². The second-order valence-electron chi connectivity index (χ2n) is 2.68. The molecule has 0 saturated carbocycles. The lowest BCUT2D eigenvalue weighted by Gasteiger charge is -2.03. The predicted octanol–water partition coefficient (Wildman–Crippen LogP) is 2.21. The smallest absolute Gasteiger partial charge is 0.129 e. The zero-order valence-corrected chi connectivity index (χ0v) is 7.47. The van der Waals surface area contributed by atoms with Gasteiger partial charge >= 0.3 is 0 Å². The van der Waals surface area contributed by atoms with Crippen molar-refractivity contribution in [3.05, 3.63) is 41.6 Å². The van der Waals surface area contributed by atoms with Crippen molar-refractivity contribution in [2.45, 2.75) is 13.3 Å². The van der Waals surface area contributed by atoms with Crippen molar-refractivity contribution >= 4 is 13.4 Å². The minimum absolute atomic E-state index is 0.166. The van der Waals surface area contributed by atoms with Gasteiger partial charge in [0.25, 0.3) is 0 Å². The van der Waals surface area contributed by atoms with E-state index in [9.17, 15) is 4.39 Å². The van der Waals surface area contributed by atoms with Crippen LogP contribution in [0.1, 0.15) is 18.9 Å². The Kier molecular flexibility index (Phi) is 3.09. The molecule has 0 nitrogen and oxygen atoms in total. The summed E-state index contributed by atoms with van der Waals surface area (Å²) < 4.78 is 12.8. The molecule has 0 aliphatic heterocycles. The molecule has 2 heteroatoms. The van der Waals surface area contributed by atoms with Crippen LogP contribution in [0.5, 0.6) is 0 Å². The molecule has 0 bridgehead atoms. The molecule has 62 valence electrons. The predicted molar refractivity (Wildman–Crippen MR) is 53.2 cm³/mol. The lowest BCUT2D eigenvalue weighted by Crippen LogP contribution is -1.84. The first-order valence-electron chi connectivity index (χ1n) is 4.19. The first kappa shape index (κ1) is 9.05. The summed E-state index contributed by atoms with van der Waals surface area (Å²) in [6, 6.07) is 6.71. The maximum absolute atomic E-state index is 12.8. The molecule has 0 heterocycles. The van der Waals surface area contributed by atoms with Crippen molar-refractivity contribution in [3.63, 3.8) is 0 Å². The van der Waals surface area contributed by atoms with Gasteiger partial charge in [-0.05, 0) is 24.1 Å². The molecule has 0 saturated heterocycles.